The van der Waals surface area contributed by atoms with Crippen LogP contribution in [0.5, 0.6) is 0 Å². The van der Waals surface area contributed by atoms with E-state index in [0.29, 0.717) is 16.6 Å². The fraction of sp³-hybridized carbons (Fsp3) is 0.111. The molecular formula is C18H14BrF2NS. The number of hydrogen-bond donors (Lipinski definition) is 1. The van der Waals surface area contributed by atoms with Crippen molar-refractivity contribution in [1.29, 1.82) is 0 Å². The van der Waals surface area contributed by atoms with Crippen LogP contribution in [0.15, 0.2) is 64.5 Å². The maximum absolute atomic E-state index is 14.0. The molecule has 1 N–H and O–H groups in total. The quantitative estimate of drug-likeness (QED) is 0.588. The standard InChI is InChI=1S/C18H14BrF2NS/c19-14-6-3-13(16(21)10-14)11-22-18(17-2-1-9-23-17)12-4-7-15(20)8-5-12/h1-10,18,22H,11H2. The van der Waals surface area contributed by atoms with E-state index in [-0.39, 0.29) is 17.7 Å². The van der Waals surface area contributed by atoms with Crippen molar-refractivity contribution < 1.29 is 8.78 Å². The van der Waals surface area contributed by atoms with Crippen LogP contribution in [0, 0.1) is 11.6 Å². The van der Waals surface area contributed by atoms with Gasteiger partial charge in [-0.05, 0) is 41.3 Å². The first kappa shape index (κ1) is 16.3. The van der Waals surface area contributed by atoms with Gasteiger partial charge in [0.15, 0.2) is 0 Å². The fourth-order valence-corrected chi connectivity index (χ4v) is 3.53. The highest BCUT2D eigenvalue weighted by Gasteiger charge is 2.15. The SMILES string of the molecule is Fc1ccc(C(NCc2ccc(Br)cc2F)c2cccs2)cc1. The summed E-state index contributed by atoms with van der Waals surface area (Å²) in [6.45, 7) is 0.388. The van der Waals surface area contributed by atoms with Crippen LogP contribution < -0.4 is 5.32 Å². The number of benzene rings is 2. The van der Waals surface area contributed by atoms with E-state index in [1.165, 1.54) is 18.2 Å². The van der Waals surface area contributed by atoms with E-state index in [2.05, 4.69) is 21.2 Å². The molecule has 118 valence electrons. The summed E-state index contributed by atoms with van der Waals surface area (Å²) in [5.74, 6) is -0.520. The Bertz CT molecular complexity index is 772. The predicted octanol–water partition coefficient (Wildman–Crippen LogP) is 5.67. The molecule has 1 aromatic heterocycles. The van der Waals surface area contributed by atoms with Gasteiger partial charge in [0, 0.05) is 21.5 Å². The molecular weight excluding hydrogens is 380 g/mol. The molecule has 5 heteroatoms. The van der Waals surface area contributed by atoms with E-state index in [1.54, 1.807) is 29.5 Å². The molecule has 1 heterocycles. The lowest BCUT2D eigenvalue weighted by molar-refractivity contribution is 0.563. The molecule has 0 bridgehead atoms. The van der Waals surface area contributed by atoms with Crippen LogP contribution in [0.2, 0.25) is 0 Å². The normalized spacial score (nSPS) is 12.3. The Morgan fingerprint density at radius 1 is 1.04 bits per heavy atom. The van der Waals surface area contributed by atoms with Gasteiger partial charge in [0.05, 0.1) is 6.04 Å². The molecule has 1 nitrogen and oxygen atoms in total. The van der Waals surface area contributed by atoms with Crippen LogP contribution in [-0.4, -0.2) is 0 Å². The summed E-state index contributed by atoms with van der Waals surface area (Å²) in [7, 11) is 0. The monoisotopic (exact) mass is 393 g/mol. The van der Waals surface area contributed by atoms with Gasteiger partial charge < -0.3 is 5.32 Å². The second-order valence-electron chi connectivity index (χ2n) is 5.12. The third-order valence-electron chi connectivity index (χ3n) is 3.54. The summed E-state index contributed by atoms with van der Waals surface area (Å²) in [5.41, 5.74) is 1.54. The van der Waals surface area contributed by atoms with Crippen LogP contribution in [0.25, 0.3) is 0 Å². The average molecular weight is 394 g/mol. The lowest BCUT2D eigenvalue weighted by atomic mass is 10.0. The second kappa shape index (κ2) is 7.34. The van der Waals surface area contributed by atoms with Crippen molar-refractivity contribution >= 4 is 27.3 Å². The zero-order valence-electron chi connectivity index (χ0n) is 12.1. The Balaban J connectivity index is 1.83. The molecule has 2 aromatic carbocycles. The molecule has 0 saturated heterocycles. The topological polar surface area (TPSA) is 12.0 Å². The third-order valence-corrected chi connectivity index (χ3v) is 4.97. The van der Waals surface area contributed by atoms with Gasteiger partial charge in [-0.3, -0.25) is 0 Å². The lowest BCUT2D eigenvalue weighted by Crippen LogP contribution is -2.21. The average Bonchev–Trinajstić information content (AvgIpc) is 3.05. The minimum atomic E-state index is -0.266. The van der Waals surface area contributed by atoms with E-state index in [9.17, 15) is 8.78 Å². The Kier molecular flexibility index (Phi) is 5.20. The number of hydrogen-bond acceptors (Lipinski definition) is 2. The Morgan fingerprint density at radius 2 is 1.83 bits per heavy atom. The number of rotatable bonds is 5. The number of halogens is 3. The summed E-state index contributed by atoms with van der Waals surface area (Å²) >= 11 is 4.87. The van der Waals surface area contributed by atoms with E-state index in [1.807, 2.05) is 23.6 Å². The number of nitrogens with one attached hydrogen (secondary N) is 1. The van der Waals surface area contributed by atoms with Crippen LogP contribution in [-0.2, 0) is 6.54 Å². The van der Waals surface area contributed by atoms with Crippen molar-refractivity contribution in [1.82, 2.24) is 5.32 Å². The maximum Gasteiger partial charge on any atom is 0.128 e. The number of thiophene rings is 1. The smallest absolute Gasteiger partial charge is 0.128 e. The van der Waals surface area contributed by atoms with Crippen LogP contribution in [0.4, 0.5) is 8.78 Å². The summed E-state index contributed by atoms with van der Waals surface area (Å²) in [5, 5.41) is 5.36. The van der Waals surface area contributed by atoms with Gasteiger partial charge in [0.25, 0.3) is 0 Å². The molecule has 1 unspecified atom stereocenters. The lowest BCUT2D eigenvalue weighted by Gasteiger charge is -2.18. The van der Waals surface area contributed by atoms with Crippen LogP contribution >= 0.6 is 27.3 Å². The van der Waals surface area contributed by atoms with E-state index in [4.69, 9.17) is 0 Å². The minimum absolute atomic E-state index is 0.0985. The molecule has 0 saturated carbocycles. The van der Waals surface area contributed by atoms with Gasteiger partial charge in [-0.25, -0.2) is 8.78 Å². The molecule has 0 fully saturated rings. The van der Waals surface area contributed by atoms with Gasteiger partial charge in [-0.15, -0.1) is 11.3 Å². The summed E-state index contributed by atoms with van der Waals surface area (Å²) < 4.78 is 27.9. The molecule has 0 aliphatic carbocycles. The van der Waals surface area contributed by atoms with Crippen LogP contribution in [0.1, 0.15) is 22.0 Å². The molecule has 3 aromatic rings. The molecule has 0 spiro atoms. The fourth-order valence-electron chi connectivity index (χ4n) is 2.37. The van der Waals surface area contributed by atoms with Crippen molar-refractivity contribution in [3.8, 4) is 0 Å². The van der Waals surface area contributed by atoms with Crippen molar-refractivity contribution in [3.63, 3.8) is 0 Å². The van der Waals surface area contributed by atoms with E-state index >= 15 is 0 Å². The first-order valence-corrected chi connectivity index (χ1v) is 8.77. The van der Waals surface area contributed by atoms with Crippen molar-refractivity contribution in [2.45, 2.75) is 12.6 Å². The molecule has 0 radical (unpaired) electrons. The highest BCUT2D eigenvalue weighted by Crippen LogP contribution is 2.27. The highest BCUT2D eigenvalue weighted by molar-refractivity contribution is 9.10. The van der Waals surface area contributed by atoms with Crippen molar-refractivity contribution in [3.05, 3.63) is 92.1 Å². The minimum Gasteiger partial charge on any atom is -0.301 e. The maximum atomic E-state index is 14.0. The second-order valence-corrected chi connectivity index (χ2v) is 7.01. The van der Waals surface area contributed by atoms with Crippen LogP contribution in [0.3, 0.4) is 0 Å². The van der Waals surface area contributed by atoms with Gasteiger partial charge in [0.2, 0.25) is 0 Å². The Morgan fingerprint density at radius 3 is 2.48 bits per heavy atom. The molecule has 0 aliphatic rings. The molecule has 0 aliphatic heterocycles. The van der Waals surface area contributed by atoms with Gasteiger partial charge in [0.1, 0.15) is 11.6 Å². The Labute approximate surface area is 146 Å². The molecule has 3 rings (SSSR count). The summed E-state index contributed by atoms with van der Waals surface area (Å²) in [6, 6.07) is 15.3. The summed E-state index contributed by atoms with van der Waals surface area (Å²) in [6.07, 6.45) is 0. The van der Waals surface area contributed by atoms with Gasteiger partial charge >= 0.3 is 0 Å². The zero-order valence-corrected chi connectivity index (χ0v) is 14.5. The molecule has 1 atom stereocenters. The largest absolute Gasteiger partial charge is 0.301 e. The first-order valence-electron chi connectivity index (χ1n) is 7.09. The van der Waals surface area contributed by atoms with Gasteiger partial charge in [-0.1, -0.05) is 40.2 Å². The van der Waals surface area contributed by atoms with Gasteiger partial charge in [-0.2, -0.15) is 0 Å². The van der Waals surface area contributed by atoms with E-state index in [0.717, 1.165) is 10.4 Å². The van der Waals surface area contributed by atoms with E-state index < -0.39 is 0 Å². The summed E-state index contributed by atoms with van der Waals surface area (Å²) in [4.78, 5) is 1.11. The predicted molar refractivity (Wildman–Crippen MR) is 93.5 cm³/mol. The third kappa shape index (κ3) is 4.05. The van der Waals surface area contributed by atoms with Crippen molar-refractivity contribution in [2.75, 3.05) is 0 Å². The zero-order chi connectivity index (χ0) is 16.2. The Hall–Kier alpha value is -1.56. The highest BCUT2D eigenvalue weighted by atomic mass is 79.9. The first-order chi connectivity index (χ1) is 11.1. The molecule has 0 amide bonds. The van der Waals surface area contributed by atoms with Crippen molar-refractivity contribution in [2.24, 2.45) is 0 Å². The molecule has 23 heavy (non-hydrogen) atoms.